The van der Waals surface area contributed by atoms with Crippen LogP contribution in [0.3, 0.4) is 0 Å². The first kappa shape index (κ1) is 18.5. The Balaban J connectivity index is 1.77. The van der Waals surface area contributed by atoms with E-state index in [9.17, 15) is 9.59 Å². The van der Waals surface area contributed by atoms with Crippen LogP contribution in [-0.4, -0.2) is 54.5 Å². The summed E-state index contributed by atoms with van der Waals surface area (Å²) in [5.41, 5.74) is 1.56. The Kier molecular flexibility index (Phi) is 5.61. The van der Waals surface area contributed by atoms with Gasteiger partial charge in [0.25, 0.3) is 0 Å². The van der Waals surface area contributed by atoms with Crippen molar-refractivity contribution in [1.82, 2.24) is 9.80 Å². The Labute approximate surface area is 153 Å². The van der Waals surface area contributed by atoms with Crippen molar-refractivity contribution in [3.05, 3.63) is 35.6 Å². The van der Waals surface area contributed by atoms with Crippen molar-refractivity contribution in [2.24, 2.45) is 5.92 Å². The van der Waals surface area contributed by atoms with Crippen LogP contribution in [0.4, 0.5) is 0 Å². The first-order valence-corrected chi connectivity index (χ1v) is 9.20. The molecular formula is C20H26N2O4. The average molecular weight is 358 g/mol. The largest absolute Gasteiger partial charge is 0.460 e. The zero-order valence-corrected chi connectivity index (χ0v) is 15.7. The highest BCUT2D eigenvalue weighted by molar-refractivity contribution is 5.96. The molecule has 0 atom stereocenters. The number of para-hydroxylation sites is 1. The molecule has 1 fully saturated rings. The maximum atomic E-state index is 12.3. The number of carbonyl (C=O) groups is 2. The van der Waals surface area contributed by atoms with E-state index in [2.05, 4.69) is 4.90 Å². The van der Waals surface area contributed by atoms with Crippen LogP contribution in [0.1, 0.15) is 36.9 Å². The highest BCUT2D eigenvalue weighted by atomic mass is 16.5. The summed E-state index contributed by atoms with van der Waals surface area (Å²) in [7, 11) is 0. The van der Waals surface area contributed by atoms with Gasteiger partial charge in [-0.05, 0) is 13.0 Å². The second kappa shape index (κ2) is 7.91. The van der Waals surface area contributed by atoms with Gasteiger partial charge in [-0.25, -0.2) is 4.79 Å². The number of fused-ring (bicyclic) bond motifs is 1. The lowest BCUT2D eigenvalue weighted by Gasteiger charge is -2.35. The molecule has 1 aromatic carbocycles. The van der Waals surface area contributed by atoms with E-state index in [1.807, 2.05) is 43.0 Å². The Morgan fingerprint density at radius 3 is 2.50 bits per heavy atom. The molecule has 0 saturated carbocycles. The molecule has 0 N–H and O–H groups in total. The number of rotatable bonds is 5. The summed E-state index contributed by atoms with van der Waals surface area (Å²) < 4.78 is 10.9. The van der Waals surface area contributed by atoms with Gasteiger partial charge < -0.3 is 14.1 Å². The molecule has 1 amide bonds. The van der Waals surface area contributed by atoms with E-state index in [1.54, 1.807) is 6.92 Å². The van der Waals surface area contributed by atoms with E-state index in [1.165, 1.54) is 0 Å². The molecule has 1 saturated heterocycles. The van der Waals surface area contributed by atoms with E-state index >= 15 is 0 Å². The number of furan rings is 1. The normalized spacial score (nSPS) is 15.6. The Bertz CT molecular complexity index is 788. The first-order valence-electron chi connectivity index (χ1n) is 9.20. The van der Waals surface area contributed by atoms with Crippen LogP contribution < -0.4 is 0 Å². The standard InChI is InChI=1S/C20H26N2O4/c1-4-25-20(24)18-16(15-7-5-6-8-17(15)26-18)13-21-9-11-22(12-10-21)19(23)14(2)3/h5-8,14H,4,9-13H2,1-3H3. The lowest BCUT2D eigenvalue weighted by Crippen LogP contribution is -2.49. The van der Waals surface area contributed by atoms with Crippen molar-refractivity contribution in [2.75, 3.05) is 32.8 Å². The molecule has 3 rings (SSSR count). The molecule has 26 heavy (non-hydrogen) atoms. The van der Waals surface area contributed by atoms with Gasteiger partial charge >= 0.3 is 5.97 Å². The first-order chi connectivity index (χ1) is 12.5. The fourth-order valence-electron chi connectivity index (χ4n) is 3.33. The van der Waals surface area contributed by atoms with Gasteiger partial charge in [0.2, 0.25) is 11.7 Å². The zero-order valence-electron chi connectivity index (χ0n) is 15.7. The third kappa shape index (κ3) is 3.75. The summed E-state index contributed by atoms with van der Waals surface area (Å²) in [6.07, 6.45) is 0. The van der Waals surface area contributed by atoms with E-state index in [0.717, 1.165) is 24.0 Å². The number of hydrogen-bond acceptors (Lipinski definition) is 5. The second-order valence-corrected chi connectivity index (χ2v) is 6.88. The van der Waals surface area contributed by atoms with E-state index in [-0.39, 0.29) is 17.6 Å². The average Bonchev–Trinajstić information content (AvgIpc) is 3.01. The van der Waals surface area contributed by atoms with Crippen molar-refractivity contribution in [2.45, 2.75) is 27.3 Å². The highest BCUT2D eigenvalue weighted by Gasteiger charge is 2.27. The maximum absolute atomic E-state index is 12.3. The van der Waals surface area contributed by atoms with Crippen LogP contribution in [0.25, 0.3) is 11.0 Å². The van der Waals surface area contributed by atoms with Crippen LogP contribution in [0, 0.1) is 5.92 Å². The molecule has 6 heteroatoms. The predicted molar refractivity (Wildman–Crippen MR) is 98.9 cm³/mol. The molecular weight excluding hydrogens is 332 g/mol. The highest BCUT2D eigenvalue weighted by Crippen LogP contribution is 2.28. The van der Waals surface area contributed by atoms with Crippen molar-refractivity contribution in [1.29, 1.82) is 0 Å². The third-order valence-electron chi connectivity index (χ3n) is 4.72. The minimum atomic E-state index is -0.424. The Hall–Kier alpha value is -2.34. The van der Waals surface area contributed by atoms with Gasteiger partial charge in [0.15, 0.2) is 0 Å². The molecule has 6 nitrogen and oxygen atoms in total. The monoisotopic (exact) mass is 358 g/mol. The van der Waals surface area contributed by atoms with Gasteiger partial charge in [-0.3, -0.25) is 9.69 Å². The van der Waals surface area contributed by atoms with Crippen molar-refractivity contribution >= 4 is 22.8 Å². The number of hydrogen-bond donors (Lipinski definition) is 0. The molecule has 1 aromatic heterocycles. The molecule has 0 radical (unpaired) electrons. The number of amides is 1. The Morgan fingerprint density at radius 1 is 1.15 bits per heavy atom. The molecule has 0 bridgehead atoms. The van der Waals surface area contributed by atoms with Gasteiger partial charge in [-0.1, -0.05) is 32.0 Å². The summed E-state index contributed by atoms with van der Waals surface area (Å²) in [6, 6.07) is 7.66. The maximum Gasteiger partial charge on any atom is 0.374 e. The Morgan fingerprint density at radius 2 is 1.85 bits per heavy atom. The van der Waals surface area contributed by atoms with Gasteiger partial charge in [0.1, 0.15) is 5.58 Å². The minimum absolute atomic E-state index is 0.0229. The van der Waals surface area contributed by atoms with Gasteiger partial charge in [0.05, 0.1) is 6.61 Å². The van der Waals surface area contributed by atoms with Crippen LogP contribution >= 0.6 is 0 Å². The number of piperazine rings is 1. The van der Waals surface area contributed by atoms with Crippen LogP contribution in [-0.2, 0) is 16.1 Å². The molecule has 0 spiro atoms. The third-order valence-corrected chi connectivity index (χ3v) is 4.72. The van der Waals surface area contributed by atoms with Crippen molar-refractivity contribution in [3.63, 3.8) is 0 Å². The summed E-state index contributed by atoms with van der Waals surface area (Å²) in [5, 5.41) is 0.941. The summed E-state index contributed by atoms with van der Waals surface area (Å²) in [5.74, 6) is 0.0847. The van der Waals surface area contributed by atoms with Crippen LogP contribution in [0.5, 0.6) is 0 Å². The number of nitrogens with zero attached hydrogens (tertiary/aromatic N) is 2. The van der Waals surface area contributed by atoms with Gasteiger partial charge in [0, 0.05) is 49.6 Å². The van der Waals surface area contributed by atoms with E-state index in [0.29, 0.717) is 31.8 Å². The number of carbonyl (C=O) groups excluding carboxylic acids is 2. The van der Waals surface area contributed by atoms with Crippen molar-refractivity contribution in [3.8, 4) is 0 Å². The molecule has 0 unspecified atom stereocenters. The summed E-state index contributed by atoms with van der Waals surface area (Å²) in [6.45, 7) is 9.53. The smallest absolute Gasteiger partial charge is 0.374 e. The lowest BCUT2D eigenvalue weighted by molar-refractivity contribution is -0.136. The zero-order chi connectivity index (χ0) is 18.7. The van der Waals surface area contributed by atoms with E-state index in [4.69, 9.17) is 9.15 Å². The van der Waals surface area contributed by atoms with Crippen molar-refractivity contribution < 1.29 is 18.7 Å². The van der Waals surface area contributed by atoms with E-state index < -0.39 is 5.97 Å². The fourth-order valence-corrected chi connectivity index (χ4v) is 3.33. The quantitative estimate of drug-likeness (QED) is 0.769. The molecule has 2 heterocycles. The van der Waals surface area contributed by atoms with Crippen LogP contribution in [0.2, 0.25) is 0 Å². The number of ether oxygens (including phenoxy) is 1. The minimum Gasteiger partial charge on any atom is -0.460 e. The fraction of sp³-hybridized carbons (Fsp3) is 0.500. The molecule has 2 aromatic rings. The molecule has 1 aliphatic heterocycles. The summed E-state index contributed by atoms with van der Waals surface area (Å²) in [4.78, 5) is 28.6. The molecule has 0 aliphatic carbocycles. The number of benzene rings is 1. The molecule has 140 valence electrons. The van der Waals surface area contributed by atoms with Crippen LogP contribution in [0.15, 0.2) is 28.7 Å². The molecule has 1 aliphatic rings. The number of esters is 1. The van der Waals surface area contributed by atoms with Gasteiger partial charge in [-0.15, -0.1) is 0 Å². The lowest BCUT2D eigenvalue weighted by atomic mass is 10.1. The topological polar surface area (TPSA) is 63.0 Å². The summed E-state index contributed by atoms with van der Waals surface area (Å²) >= 11 is 0. The predicted octanol–water partition coefficient (Wildman–Crippen LogP) is 2.91. The SMILES string of the molecule is CCOC(=O)c1oc2ccccc2c1CN1CCN(C(=O)C(C)C)CC1. The second-order valence-electron chi connectivity index (χ2n) is 6.88. The van der Waals surface area contributed by atoms with Gasteiger partial charge in [-0.2, -0.15) is 0 Å².